The lowest BCUT2D eigenvalue weighted by Gasteiger charge is -2.37. The van der Waals surface area contributed by atoms with Gasteiger partial charge in [0, 0.05) is 31.2 Å². The maximum Gasteiger partial charge on any atom is 0.124 e. The van der Waals surface area contributed by atoms with Gasteiger partial charge in [-0.1, -0.05) is 18.2 Å². The molecule has 0 amide bonds. The summed E-state index contributed by atoms with van der Waals surface area (Å²) in [6, 6.07) is 8.57. The number of hydrogen-bond donors (Lipinski definition) is 1. The van der Waals surface area contributed by atoms with Crippen molar-refractivity contribution in [2.45, 2.75) is 39.0 Å². The first-order valence-electron chi connectivity index (χ1n) is 7.90. The lowest BCUT2D eigenvalue weighted by molar-refractivity contribution is -0.0698. The fourth-order valence-corrected chi connectivity index (χ4v) is 3.09. The number of hydrogen-bond acceptors (Lipinski definition) is 4. The van der Waals surface area contributed by atoms with Gasteiger partial charge in [0.2, 0.25) is 0 Å². The third kappa shape index (κ3) is 4.43. The highest BCUT2D eigenvalue weighted by molar-refractivity contribution is 5.36. The van der Waals surface area contributed by atoms with Crippen molar-refractivity contribution in [3.63, 3.8) is 0 Å². The topological polar surface area (TPSA) is 33.7 Å². The van der Waals surface area contributed by atoms with E-state index in [0.717, 1.165) is 25.4 Å². The van der Waals surface area contributed by atoms with Gasteiger partial charge in [-0.3, -0.25) is 4.90 Å². The normalized spacial score (nSPS) is 24.8. The summed E-state index contributed by atoms with van der Waals surface area (Å²) >= 11 is 0. The number of benzene rings is 1. The Balaban J connectivity index is 2.09. The van der Waals surface area contributed by atoms with Crippen molar-refractivity contribution in [3.8, 4) is 5.75 Å². The zero-order chi connectivity index (χ0) is 15.2. The van der Waals surface area contributed by atoms with Crippen LogP contribution >= 0.6 is 0 Å². The number of likely N-dealkylation sites (N-methyl/N-ethyl adjacent to an activating group) is 1. The molecule has 1 aromatic rings. The Hall–Kier alpha value is -1.10. The van der Waals surface area contributed by atoms with Crippen molar-refractivity contribution in [1.82, 2.24) is 10.2 Å². The molecule has 0 radical (unpaired) electrons. The molecule has 4 nitrogen and oxygen atoms in total. The van der Waals surface area contributed by atoms with Crippen LogP contribution in [0.4, 0.5) is 0 Å². The van der Waals surface area contributed by atoms with Crippen LogP contribution in [0.25, 0.3) is 0 Å². The highest BCUT2D eigenvalue weighted by Gasteiger charge is 2.25. The molecule has 21 heavy (non-hydrogen) atoms. The lowest BCUT2D eigenvalue weighted by Crippen LogP contribution is -2.48. The van der Waals surface area contributed by atoms with E-state index in [1.165, 1.54) is 5.56 Å². The quantitative estimate of drug-likeness (QED) is 0.873. The molecule has 1 aromatic carbocycles. The molecule has 3 unspecified atom stereocenters. The van der Waals surface area contributed by atoms with Crippen molar-refractivity contribution >= 4 is 0 Å². The monoisotopic (exact) mass is 292 g/mol. The highest BCUT2D eigenvalue weighted by Crippen LogP contribution is 2.26. The van der Waals surface area contributed by atoms with Gasteiger partial charge in [0.15, 0.2) is 0 Å². The van der Waals surface area contributed by atoms with Gasteiger partial charge in [0.25, 0.3) is 0 Å². The molecule has 1 heterocycles. The van der Waals surface area contributed by atoms with Crippen LogP contribution in [0.3, 0.4) is 0 Å². The largest absolute Gasteiger partial charge is 0.494 e. The Morgan fingerprint density at radius 1 is 1.29 bits per heavy atom. The van der Waals surface area contributed by atoms with E-state index in [2.05, 4.69) is 36.2 Å². The Labute approximate surface area is 128 Å². The summed E-state index contributed by atoms with van der Waals surface area (Å²) in [4.78, 5) is 2.47. The molecule has 0 spiro atoms. The molecule has 0 aromatic heterocycles. The number of para-hydroxylation sites is 1. The average molecular weight is 292 g/mol. The van der Waals surface area contributed by atoms with E-state index < -0.39 is 0 Å². The minimum atomic E-state index is 0.269. The van der Waals surface area contributed by atoms with Crippen LogP contribution in [0.1, 0.15) is 32.4 Å². The molecular weight excluding hydrogens is 264 g/mol. The maximum atomic E-state index is 5.81. The van der Waals surface area contributed by atoms with Crippen molar-refractivity contribution in [3.05, 3.63) is 29.8 Å². The molecule has 1 fully saturated rings. The third-order valence-electron chi connectivity index (χ3n) is 3.88. The van der Waals surface area contributed by atoms with Gasteiger partial charge in [-0.25, -0.2) is 0 Å². The van der Waals surface area contributed by atoms with Crippen LogP contribution in [0.5, 0.6) is 5.75 Å². The van der Waals surface area contributed by atoms with Gasteiger partial charge in [-0.15, -0.1) is 0 Å². The predicted octanol–water partition coefficient (Wildman–Crippen LogP) is 2.46. The summed E-state index contributed by atoms with van der Waals surface area (Å²) in [7, 11) is 2.01. The van der Waals surface area contributed by atoms with Gasteiger partial charge in [-0.2, -0.15) is 0 Å². The molecule has 4 heteroatoms. The Bertz CT molecular complexity index is 429. The van der Waals surface area contributed by atoms with E-state index in [-0.39, 0.29) is 6.04 Å². The van der Waals surface area contributed by atoms with Crippen molar-refractivity contribution < 1.29 is 9.47 Å². The summed E-state index contributed by atoms with van der Waals surface area (Å²) < 4.78 is 11.6. The molecule has 1 N–H and O–H groups in total. The first-order chi connectivity index (χ1) is 10.1. The Kier molecular flexibility index (Phi) is 6.03. The van der Waals surface area contributed by atoms with Gasteiger partial charge >= 0.3 is 0 Å². The fraction of sp³-hybridized carbons (Fsp3) is 0.647. The molecule has 1 saturated heterocycles. The van der Waals surface area contributed by atoms with Crippen molar-refractivity contribution in [1.29, 1.82) is 0 Å². The van der Waals surface area contributed by atoms with Crippen LogP contribution < -0.4 is 10.1 Å². The number of rotatable bonds is 6. The molecule has 1 aliphatic heterocycles. The summed E-state index contributed by atoms with van der Waals surface area (Å²) in [6.07, 6.45) is 0.599. The fourth-order valence-electron chi connectivity index (χ4n) is 3.09. The summed E-state index contributed by atoms with van der Waals surface area (Å²) in [5, 5.41) is 3.43. The number of ether oxygens (including phenoxy) is 2. The second-order valence-corrected chi connectivity index (χ2v) is 5.79. The summed E-state index contributed by atoms with van der Waals surface area (Å²) in [5.74, 6) is 0.980. The second-order valence-electron chi connectivity index (χ2n) is 5.79. The summed E-state index contributed by atoms with van der Waals surface area (Å²) in [5.41, 5.74) is 1.23. The molecule has 0 aliphatic carbocycles. The molecule has 3 atom stereocenters. The van der Waals surface area contributed by atoms with Gasteiger partial charge in [0.1, 0.15) is 5.75 Å². The van der Waals surface area contributed by atoms with E-state index in [1.54, 1.807) is 0 Å². The van der Waals surface area contributed by atoms with Crippen molar-refractivity contribution in [2.75, 3.05) is 33.3 Å². The van der Waals surface area contributed by atoms with Crippen LogP contribution in [-0.4, -0.2) is 50.4 Å². The first kappa shape index (κ1) is 16.3. The number of nitrogens with one attached hydrogen (secondary N) is 1. The van der Waals surface area contributed by atoms with E-state index in [1.807, 2.05) is 26.1 Å². The van der Waals surface area contributed by atoms with Crippen LogP contribution in [0.15, 0.2) is 24.3 Å². The van der Waals surface area contributed by atoms with E-state index in [9.17, 15) is 0 Å². The smallest absolute Gasteiger partial charge is 0.124 e. The van der Waals surface area contributed by atoms with Gasteiger partial charge < -0.3 is 14.8 Å². The molecule has 1 aliphatic rings. The SMILES string of the molecule is CCOc1ccccc1C(CN1CC(C)OC(C)C1)NC. The van der Waals surface area contributed by atoms with Gasteiger partial charge in [-0.05, 0) is 33.9 Å². The zero-order valence-electron chi connectivity index (χ0n) is 13.6. The van der Waals surface area contributed by atoms with E-state index in [4.69, 9.17) is 9.47 Å². The number of morpholine rings is 1. The van der Waals surface area contributed by atoms with Crippen LogP contribution in [0.2, 0.25) is 0 Å². The van der Waals surface area contributed by atoms with E-state index in [0.29, 0.717) is 18.8 Å². The number of nitrogens with zero attached hydrogens (tertiary/aromatic N) is 1. The van der Waals surface area contributed by atoms with Crippen LogP contribution in [0, 0.1) is 0 Å². The van der Waals surface area contributed by atoms with Gasteiger partial charge in [0.05, 0.1) is 18.8 Å². The lowest BCUT2D eigenvalue weighted by atomic mass is 10.0. The highest BCUT2D eigenvalue weighted by atomic mass is 16.5. The van der Waals surface area contributed by atoms with E-state index >= 15 is 0 Å². The standard InChI is InChI=1S/C17H28N2O2/c1-5-20-17-9-7-6-8-15(17)16(18-4)12-19-10-13(2)21-14(3)11-19/h6-9,13-14,16,18H,5,10-12H2,1-4H3. The zero-order valence-corrected chi connectivity index (χ0v) is 13.6. The Morgan fingerprint density at radius 2 is 1.95 bits per heavy atom. The predicted molar refractivity (Wildman–Crippen MR) is 85.9 cm³/mol. The molecular formula is C17H28N2O2. The average Bonchev–Trinajstić information content (AvgIpc) is 2.45. The minimum Gasteiger partial charge on any atom is -0.494 e. The third-order valence-corrected chi connectivity index (χ3v) is 3.88. The second kappa shape index (κ2) is 7.78. The maximum absolute atomic E-state index is 5.81. The van der Waals surface area contributed by atoms with Crippen LogP contribution in [-0.2, 0) is 4.74 Å². The minimum absolute atomic E-state index is 0.269. The summed E-state index contributed by atoms with van der Waals surface area (Å²) in [6.45, 7) is 9.95. The molecule has 118 valence electrons. The van der Waals surface area contributed by atoms with Crippen molar-refractivity contribution in [2.24, 2.45) is 0 Å². The molecule has 2 rings (SSSR count). The molecule has 0 saturated carbocycles. The Morgan fingerprint density at radius 3 is 2.57 bits per heavy atom. The molecule has 0 bridgehead atoms. The first-order valence-corrected chi connectivity index (χ1v) is 7.90.